The highest BCUT2D eigenvalue weighted by Gasteiger charge is 1.85. The maximum Gasteiger partial charge on any atom is 0.0840 e. The van der Waals surface area contributed by atoms with E-state index in [1.807, 2.05) is 21.6 Å². The third-order valence-electron chi connectivity index (χ3n) is 0.598. The summed E-state index contributed by atoms with van der Waals surface area (Å²) in [6.45, 7) is 3.26. The van der Waals surface area contributed by atoms with Crippen LogP contribution in [0.5, 0.6) is 0 Å². The van der Waals surface area contributed by atoms with Crippen molar-refractivity contribution in [3.05, 3.63) is 0 Å². The molecule has 0 unspecified atom stereocenters. The molecule has 0 saturated carbocycles. The highest BCUT2D eigenvalue weighted by atomic mass is 33.1. The molecule has 8 heavy (non-hydrogen) atoms. The van der Waals surface area contributed by atoms with E-state index < -0.39 is 0 Å². The fourth-order valence-electron chi connectivity index (χ4n) is 0.260. The van der Waals surface area contributed by atoms with Gasteiger partial charge in [0.05, 0.1) is 12.3 Å². The van der Waals surface area contributed by atoms with Crippen molar-refractivity contribution in [2.75, 3.05) is 18.1 Å². The van der Waals surface area contributed by atoms with E-state index >= 15 is 0 Å². The molecule has 0 aliphatic heterocycles. The molecule has 0 aromatic rings. The van der Waals surface area contributed by atoms with Crippen LogP contribution in [0, 0.1) is 0 Å². The minimum Gasteiger partial charge on any atom is -0.357 e. The third kappa shape index (κ3) is 6.66. The monoisotopic (exact) mass is 152 g/mol. The fraction of sp³-hybridized carbons (Fsp3) is 1.00. The number of rotatable bonds is 5. The van der Waals surface area contributed by atoms with Crippen molar-refractivity contribution < 1.29 is 5.73 Å². The second kappa shape index (κ2) is 7.66. The van der Waals surface area contributed by atoms with Gasteiger partial charge in [0.1, 0.15) is 0 Å². The average Bonchev–Trinajstić information content (AvgIpc) is 1.81. The fourth-order valence-corrected chi connectivity index (χ4v) is 2.34. The Kier molecular flexibility index (Phi) is 8.29. The Morgan fingerprint density at radius 3 is 2.38 bits per heavy atom. The molecule has 0 amide bonds. The summed E-state index contributed by atoms with van der Waals surface area (Å²) < 4.78 is 0. The first-order valence-corrected chi connectivity index (χ1v) is 5.44. The van der Waals surface area contributed by atoms with Crippen LogP contribution in [-0.4, -0.2) is 18.1 Å². The van der Waals surface area contributed by atoms with Crippen molar-refractivity contribution in [2.24, 2.45) is 0 Å². The van der Waals surface area contributed by atoms with Gasteiger partial charge in [0.25, 0.3) is 0 Å². The largest absolute Gasteiger partial charge is 0.357 e. The van der Waals surface area contributed by atoms with Gasteiger partial charge < -0.3 is 5.73 Å². The van der Waals surface area contributed by atoms with Gasteiger partial charge in [0.2, 0.25) is 0 Å². The molecular weight excluding hydrogens is 138 g/mol. The maximum atomic E-state index is 3.75. The zero-order valence-electron chi connectivity index (χ0n) is 5.35. The van der Waals surface area contributed by atoms with E-state index in [0.717, 1.165) is 6.54 Å². The summed E-state index contributed by atoms with van der Waals surface area (Å²) in [5.41, 5.74) is 3.75. The first kappa shape index (κ1) is 8.66. The molecular formula is C5H14NS2+. The molecule has 3 N–H and O–H groups in total. The van der Waals surface area contributed by atoms with Gasteiger partial charge in [-0.15, -0.1) is 0 Å². The minimum absolute atomic E-state index is 1.06. The summed E-state index contributed by atoms with van der Waals surface area (Å²) in [5, 5.41) is 0. The summed E-state index contributed by atoms with van der Waals surface area (Å²) >= 11 is 0. The lowest BCUT2D eigenvalue weighted by atomic mass is 10.6. The van der Waals surface area contributed by atoms with Crippen LogP contribution in [-0.2, 0) is 0 Å². The molecule has 0 rings (SSSR count). The number of hydrogen-bond donors (Lipinski definition) is 1. The van der Waals surface area contributed by atoms with E-state index in [1.54, 1.807) is 0 Å². The first-order valence-electron chi connectivity index (χ1n) is 2.95. The van der Waals surface area contributed by atoms with Gasteiger partial charge in [0.15, 0.2) is 0 Å². The Morgan fingerprint density at radius 2 is 1.88 bits per heavy atom. The molecule has 0 aromatic heterocycles. The third-order valence-corrected chi connectivity index (χ3v) is 3.30. The number of hydrogen-bond acceptors (Lipinski definition) is 2. The quantitative estimate of drug-likeness (QED) is 0.470. The average molecular weight is 152 g/mol. The standard InChI is InChI=1S/C5H13NS2/c1-2-4-7-8-5-3-6/h2-6H2,1H3/p+1. The van der Waals surface area contributed by atoms with Gasteiger partial charge in [-0.25, -0.2) is 0 Å². The Hall–Kier alpha value is 0.660. The molecule has 0 spiro atoms. The van der Waals surface area contributed by atoms with Crippen LogP contribution in [0.25, 0.3) is 0 Å². The topological polar surface area (TPSA) is 27.6 Å². The summed E-state index contributed by atoms with van der Waals surface area (Å²) in [7, 11) is 3.89. The Bertz CT molecular complexity index is 35.4. The SMILES string of the molecule is CCCSSCC[NH3+]. The Labute approximate surface area is 59.2 Å². The molecule has 50 valence electrons. The van der Waals surface area contributed by atoms with Crippen molar-refractivity contribution in [3.63, 3.8) is 0 Å². The highest BCUT2D eigenvalue weighted by Crippen LogP contribution is 2.20. The van der Waals surface area contributed by atoms with Crippen molar-refractivity contribution in [3.8, 4) is 0 Å². The molecule has 0 heterocycles. The summed E-state index contributed by atoms with van der Waals surface area (Å²) in [5.74, 6) is 2.48. The predicted molar refractivity (Wildman–Crippen MR) is 43.0 cm³/mol. The lowest BCUT2D eigenvalue weighted by Gasteiger charge is -1.92. The van der Waals surface area contributed by atoms with Crippen LogP contribution in [0.1, 0.15) is 13.3 Å². The minimum atomic E-state index is 1.06. The van der Waals surface area contributed by atoms with Crippen LogP contribution >= 0.6 is 21.6 Å². The second-order valence-corrected chi connectivity index (χ2v) is 4.20. The zero-order chi connectivity index (χ0) is 6.24. The normalized spacial score (nSPS) is 9.75. The molecule has 0 bridgehead atoms. The Balaban J connectivity index is 2.53. The molecule has 0 aliphatic carbocycles. The smallest absolute Gasteiger partial charge is 0.0840 e. The van der Waals surface area contributed by atoms with Crippen LogP contribution in [0.3, 0.4) is 0 Å². The van der Waals surface area contributed by atoms with Crippen LogP contribution in [0.15, 0.2) is 0 Å². The van der Waals surface area contributed by atoms with E-state index in [4.69, 9.17) is 0 Å². The van der Waals surface area contributed by atoms with Gasteiger partial charge in [-0.1, -0.05) is 28.5 Å². The highest BCUT2D eigenvalue weighted by molar-refractivity contribution is 8.76. The predicted octanol–water partition coefficient (Wildman–Crippen LogP) is 1.02. The van der Waals surface area contributed by atoms with E-state index in [2.05, 4.69) is 12.7 Å². The molecule has 0 aliphatic rings. The van der Waals surface area contributed by atoms with Gasteiger partial charge in [-0.2, -0.15) is 0 Å². The van der Waals surface area contributed by atoms with Gasteiger partial charge in [0, 0.05) is 5.75 Å². The van der Waals surface area contributed by atoms with Crippen molar-refractivity contribution in [2.45, 2.75) is 13.3 Å². The van der Waals surface area contributed by atoms with Crippen LogP contribution in [0.2, 0.25) is 0 Å². The zero-order valence-corrected chi connectivity index (χ0v) is 6.99. The van der Waals surface area contributed by atoms with Gasteiger partial charge >= 0.3 is 0 Å². The number of quaternary nitrogens is 1. The van der Waals surface area contributed by atoms with Gasteiger partial charge in [-0.05, 0) is 6.42 Å². The van der Waals surface area contributed by atoms with Crippen molar-refractivity contribution in [1.82, 2.24) is 0 Å². The molecule has 0 radical (unpaired) electrons. The second-order valence-electron chi connectivity index (χ2n) is 1.50. The Morgan fingerprint density at radius 1 is 1.25 bits per heavy atom. The van der Waals surface area contributed by atoms with Crippen molar-refractivity contribution >= 4 is 21.6 Å². The van der Waals surface area contributed by atoms with Crippen molar-refractivity contribution in [1.29, 1.82) is 0 Å². The molecule has 0 saturated heterocycles. The summed E-state index contributed by atoms with van der Waals surface area (Å²) in [6.07, 6.45) is 1.29. The lowest BCUT2D eigenvalue weighted by Crippen LogP contribution is -2.51. The maximum absolute atomic E-state index is 3.75. The van der Waals surface area contributed by atoms with E-state index in [0.29, 0.717) is 0 Å². The summed E-state index contributed by atoms with van der Waals surface area (Å²) in [6, 6.07) is 0. The molecule has 1 nitrogen and oxygen atoms in total. The molecule has 0 aromatic carbocycles. The molecule has 0 atom stereocenters. The van der Waals surface area contributed by atoms with E-state index in [-0.39, 0.29) is 0 Å². The van der Waals surface area contributed by atoms with E-state index in [1.165, 1.54) is 17.9 Å². The summed E-state index contributed by atoms with van der Waals surface area (Å²) in [4.78, 5) is 0. The van der Waals surface area contributed by atoms with Crippen LogP contribution < -0.4 is 5.73 Å². The first-order chi connectivity index (χ1) is 3.91. The van der Waals surface area contributed by atoms with Crippen LogP contribution in [0.4, 0.5) is 0 Å². The van der Waals surface area contributed by atoms with Gasteiger partial charge in [-0.3, -0.25) is 0 Å². The van der Waals surface area contributed by atoms with E-state index in [9.17, 15) is 0 Å². The molecule has 0 fully saturated rings. The lowest BCUT2D eigenvalue weighted by molar-refractivity contribution is -0.360. The molecule has 3 heteroatoms.